The predicted octanol–water partition coefficient (Wildman–Crippen LogP) is 1.64. The van der Waals surface area contributed by atoms with Gasteiger partial charge in [-0.15, -0.1) is 12.4 Å². The van der Waals surface area contributed by atoms with Crippen molar-refractivity contribution in [1.29, 1.82) is 0 Å². The van der Waals surface area contributed by atoms with Gasteiger partial charge in [0.25, 0.3) is 0 Å². The number of esters is 1. The number of rotatable bonds is 4. The molecule has 7 nitrogen and oxygen atoms in total. The lowest BCUT2D eigenvalue weighted by Crippen LogP contribution is -2.57. The van der Waals surface area contributed by atoms with E-state index in [0.29, 0.717) is 25.9 Å². The minimum Gasteiger partial charge on any atom is -0.459 e. The van der Waals surface area contributed by atoms with Crippen molar-refractivity contribution in [2.45, 2.75) is 31.5 Å². The minimum atomic E-state index is -0.759. The molecule has 0 aromatic heterocycles. The molecule has 2 fully saturated rings. The molecule has 2 aliphatic heterocycles. The molecule has 2 saturated heterocycles. The summed E-state index contributed by atoms with van der Waals surface area (Å²) in [6.07, 6.45) is 0.574. The van der Waals surface area contributed by atoms with Gasteiger partial charge in [-0.2, -0.15) is 0 Å². The topological polar surface area (TPSA) is 84.9 Å². The Balaban J connectivity index is 0.00000225. The van der Waals surface area contributed by atoms with E-state index in [1.807, 2.05) is 30.3 Å². The van der Waals surface area contributed by atoms with Crippen molar-refractivity contribution in [2.75, 3.05) is 19.6 Å². The number of carbonyl (C=O) groups excluding carboxylic acids is 3. The van der Waals surface area contributed by atoms with Crippen molar-refractivity contribution in [3.8, 4) is 0 Å². The Morgan fingerprint density at radius 2 is 1.88 bits per heavy atom. The number of amides is 2. The minimum absolute atomic E-state index is 0. The zero-order chi connectivity index (χ0) is 17.0. The molecule has 0 radical (unpaired) electrons. The number of halogens is 1. The summed E-state index contributed by atoms with van der Waals surface area (Å²) in [5.74, 6) is -1.02. The summed E-state index contributed by atoms with van der Waals surface area (Å²) in [6, 6.07) is 9.20. The van der Waals surface area contributed by atoms with Gasteiger partial charge in [0, 0.05) is 12.8 Å². The molecule has 1 N–H and O–H groups in total. The van der Waals surface area contributed by atoms with Crippen molar-refractivity contribution in [3.05, 3.63) is 35.9 Å². The van der Waals surface area contributed by atoms with Crippen LogP contribution in [0.5, 0.6) is 0 Å². The maximum Gasteiger partial charge on any atom is 0.417 e. The van der Waals surface area contributed by atoms with E-state index in [9.17, 15) is 14.4 Å². The lowest BCUT2D eigenvalue weighted by molar-refractivity contribution is -0.157. The second kappa shape index (κ2) is 8.31. The van der Waals surface area contributed by atoms with Crippen molar-refractivity contribution < 1.29 is 23.9 Å². The van der Waals surface area contributed by atoms with Crippen molar-refractivity contribution in [2.24, 2.45) is 0 Å². The molecular formula is C17H21ClN2O5. The Morgan fingerprint density at radius 3 is 2.52 bits per heavy atom. The average molecular weight is 369 g/mol. The van der Waals surface area contributed by atoms with Crippen LogP contribution in [0.4, 0.5) is 4.79 Å². The summed E-state index contributed by atoms with van der Waals surface area (Å²) < 4.78 is 10.6. The van der Waals surface area contributed by atoms with Crippen LogP contribution in [0.15, 0.2) is 30.3 Å². The number of benzene rings is 1. The number of hydrogen-bond acceptors (Lipinski definition) is 6. The van der Waals surface area contributed by atoms with E-state index in [1.54, 1.807) is 0 Å². The summed E-state index contributed by atoms with van der Waals surface area (Å²) in [5.41, 5.74) is 0.121. The zero-order valence-electron chi connectivity index (χ0n) is 13.7. The predicted molar refractivity (Wildman–Crippen MR) is 91.1 cm³/mol. The fourth-order valence-corrected chi connectivity index (χ4v) is 2.98. The molecule has 25 heavy (non-hydrogen) atoms. The van der Waals surface area contributed by atoms with Crippen molar-refractivity contribution >= 4 is 30.4 Å². The van der Waals surface area contributed by atoms with E-state index in [1.165, 1.54) is 0 Å². The lowest BCUT2D eigenvalue weighted by Gasteiger charge is -2.41. The van der Waals surface area contributed by atoms with Crippen LogP contribution in [0.3, 0.4) is 0 Å². The molecule has 3 rings (SSSR count). The highest BCUT2D eigenvalue weighted by Crippen LogP contribution is 2.32. The van der Waals surface area contributed by atoms with Gasteiger partial charge in [0.1, 0.15) is 18.8 Å². The smallest absolute Gasteiger partial charge is 0.417 e. The normalized spacial score (nSPS) is 19.1. The van der Waals surface area contributed by atoms with E-state index in [0.717, 1.165) is 10.5 Å². The van der Waals surface area contributed by atoms with Gasteiger partial charge in [-0.25, -0.2) is 9.69 Å². The third-order valence-corrected chi connectivity index (χ3v) is 4.34. The third-order valence-electron chi connectivity index (χ3n) is 4.34. The Morgan fingerprint density at radius 1 is 1.20 bits per heavy atom. The first-order valence-electron chi connectivity index (χ1n) is 8.02. The SMILES string of the molecule is Cl.O=C(CN1C(=O)CC2(CCNCC2)OC1=O)OCc1ccccc1. The summed E-state index contributed by atoms with van der Waals surface area (Å²) in [7, 11) is 0. The number of imide groups is 1. The molecule has 2 amide bonds. The third kappa shape index (κ3) is 4.70. The second-order valence-corrected chi connectivity index (χ2v) is 6.10. The van der Waals surface area contributed by atoms with Gasteiger partial charge in [-0.1, -0.05) is 30.3 Å². The number of hydrogen-bond donors (Lipinski definition) is 1. The standard InChI is InChI=1S/C17H20N2O5.ClH/c20-14-10-17(6-8-18-9-7-17)24-16(22)19(14)11-15(21)23-12-13-4-2-1-3-5-13;/h1-5,18H,6-12H2;1H. The van der Waals surface area contributed by atoms with E-state index in [4.69, 9.17) is 9.47 Å². The lowest BCUT2D eigenvalue weighted by atomic mass is 9.87. The maximum atomic E-state index is 12.3. The molecule has 8 heteroatoms. The highest BCUT2D eigenvalue weighted by Gasteiger charge is 2.46. The second-order valence-electron chi connectivity index (χ2n) is 6.10. The van der Waals surface area contributed by atoms with Crippen LogP contribution in [0.2, 0.25) is 0 Å². The van der Waals surface area contributed by atoms with Crippen LogP contribution < -0.4 is 5.32 Å². The van der Waals surface area contributed by atoms with Crippen LogP contribution in [-0.2, 0) is 25.7 Å². The fraction of sp³-hybridized carbons (Fsp3) is 0.471. The van der Waals surface area contributed by atoms with Crippen LogP contribution in [-0.4, -0.2) is 48.1 Å². The Labute approximate surface area is 152 Å². The molecule has 136 valence electrons. The van der Waals surface area contributed by atoms with Gasteiger partial charge in [0.15, 0.2) is 0 Å². The maximum absolute atomic E-state index is 12.3. The number of piperidine rings is 1. The van der Waals surface area contributed by atoms with E-state index >= 15 is 0 Å². The quantitative estimate of drug-likeness (QED) is 0.813. The zero-order valence-corrected chi connectivity index (χ0v) is 14.5. The van der Waals surface area contributed by atoms with Gasteiger partial charge >= 0.3 is 12.1 Å². The average Bonchev–Trinajstić information content (AvgIpc) is 2.58. The molecule has 1 aromatic rings. The molecule has 2 heterocycles. The number of nitrogens with one attached hydrogen (secondary N) is 1. The molecule has 0 aliphatic carbocycles. The number of carbonyl (C=O) groups is 3. The van der Waals surface area contributed by atoms with Gasteiger partial charge in [-0.3, -0.25) is 9.59 Å². The molecule has 0 unspecified atom stereocenters. The molecular weight excluding hydrogens is 348 g/mol. The van der Waals surface area contributed by atoms with Crippen LogP contribution in [0.1, 0.15) is 24.8 Å². The molecule has 1 spiro atoms. The van der Waals surface area contributed by atoms with E-state index < -0.39 is 24.2 Å². The van der Waals surface area contributed by atoms with Crippen LogP contribution >= 0.6 is 12.4 Å². The van der Waals surface area contributed by atoms with Crippen molar-refractivity contribution in [3.63, 3.8) is 0 Å². The van der Waals surface area contributed by atoms with E-state index in [2.05, 4.69) is 5.32 Å². The summed E-state index contributed by atoms with van der Waals surface area (Å²) >= 11 is 0. The van der Waals surface area contributed by atoms with Crippen LogP contribution in [0, 0.1) is 0 Å². The number of nitrogens with zero attached hydrogens (tertiary/aromatic N) is 1. The molecule has 0 atom stereocenters. The highest BCUT2D eigenvalue weighted by atomic mass is 35.5. The summed E-state index contributed by atoms with van der Waals surface area (Å²) in [4.78, 5) is 37.2. The summed E-state index contributed by atoms with van der Waals surface area (Å²) in [5, 5.41) is 3.17. The first kappa shape index (κ1) is 19.2. The Hall–Kier alpha value is -2.12. The first-order chi connectivity index (χ1) is 11.6. The summed E-state index contributed by atoms with van der Waals surface area (Å²) in [6.45, 7) is 1.10. The first-order valence-corrected chi connectivity index (χ1v) is 8.02. The highest BCUT2D eigenvalue weighted by molar-refractivity contribution is 5.97. The Bertz CT molecular complexity index is 611. The number of ether oxygens (including phenoxy) is 2. The molecule has 0 saturated carbocycles. The van der Waals surface area contributed by atoms with Crippen molar-refractivity contribution in [1.82, 2.24) is 10.2 Å². The monoisotopic (exact) mass is 368 g/mol. The van der Waals surface area contributed by atoms with Gasteiger partial charge in [0.2, 0.25) is 5.91 Å². The van der Waals surface area contributed by atoms with Gasteiger partial charge in [0.05, 0.1) is 6.42 Å². The molecule has 0 bridgehead atoms. The molecule has 2 aliphatic rings. The largest absolute Gasteiger partial charge is 0.459 e. The van der Waals surface area contributed by atoms with Gasteiger partial charge in [-0.05, 0) is 18.7 Å². The van der Waals surface area contributed by atoms with Gasteiger partial charge < -0.3 is 14.8 Å². The Kier molecular flexibility index (Phi) is 6.39. The molecule has 1 aromatic carbocycles. The fourth-order valence-electron chi connectivity index (χ4n) is 2.98. The van der Waals surface area contributed by atoms with E-state index in [-0.39, 0.29) is 31.3 Å². The van der Waals surface area contributed by atoms with Crippen LogP contribution in [0.25, 0.3) is 0 Å².